The molecule has 3 aromatic rings. The Kier molecular flexibility index (Phi) is 5.45. The van der Waals surface area contributed by atoms with E-state index < -0.39 is 0 Å². The summed E-state index contributed by atoms with van der Waals surface area (Å²) in [5.74, 6) is 1.36. The summed E-state index contributed by atoms with van der Waals surface area (Å²) < 4.78 is 21.2. The fraction of sp³-hybridized carbons (Fsp3) is 0.222. The summed E-state index contributed by atoms with van der Waals surface area (Å²) in [6, 6.07) is 14.1. The van der Waals surface area contributed by atoms with Crippen LogP contribution >= 0.6 is 12.2 Å². The predicted octanol–water partition coefficient (Wildman–Crippen LogP) is 3.96. The molecule has 130 valence electrons. The first-order chi connectivity index (χ1) is 12.2. The Hall–Kier alpha value is -2.67. The fourth-order valence-electron chi connectivity index (χ4n) is 2.43. The third kappa shape index (κ3) is 4.24. The molecule has 25 heavy (non-hydrogen) atoms. The number of benzene rings is 2. The number of halogens is 1. The quantitative estimate of drug-likeness (QED) is 0.628. The van der Waals surface area contributed by atoms with E-state index in [1.807, 2.05) is 31.2 Å². The van der Waals surface area contributed by atoms with Crippen molar-refractivity contribution in [2.75, 3.05) is 5.43 Å². The Labute approximate surface area is 150 Å². The molecular weight excluding hydrogens is 339 g/mol. The molecule has 0 atom stereocenters. The first-order valence-electron chi connectivity index (χ1n) is 8.02. The Bertz CT molecular complexity index is 889. The van der Waals surface area contributed by atoms with Gasteiger partial charge in [0, 0.05) is 12.0 Å². The van der Waals surface area contributed by atoms with E-state index in [2.05, 4.69) is 15.6 Å². The van der Waals surface area contributed by atoms with Crippen molar-refractivity contribution in [1.82, 2.24) is 14.9 Å². The lowest BCUT2D eigenvalue weighted by molar-refractivity contribution is 0.303. The van der Waals surface area contributed by atoms with E-state index in [4.69, 9.17) is 17.0 Å². The van der Waals surface area contributed by atoms with Crippen LogP contribution in [0.4, 0.5) is 4.39 Å². The van der Waals surface area contributed by atoms with Gasteiger partial charge in [0.05, 0.1) is 6.54 Å². The monoisotopic (exact) mass is 358 g/mol. The van der Waals surface area contributed by atoms with E-state index in [9.17, 15) is 4.39 Å². The van der Waals surface area contributed by atoms with E-state index >= 15 is 0 Å². The van der Waals surface area contributed by atoms with Gasteiger partial charge < -0.3 is 10.2 Å². The number of rotatable bonds is 7. The molecule has 0 unspecified atom stereocenters. The van der Waals surface area contributed by atoms with Crippen molar-refractivity contribution < 1.29 is 9.13 Å². The van der Waals surface area contributed by atoms with Gasteiger partial charge in [0.25, 0.3) is 0 Å². The number of aromatic amines is 1. The third-order valence-electron chi connectivity index (χ3n) is 3.77. The third-order valence-corrected chi connectivity index (χ3v) is 4.04. The zero-order valence-electron chi connectivity index (χ0n) is 13.8. The van der Waals surface area contributed by atoms with Crippen LogP contribution in [-0.2, 0) is 19.6 Å². The number of H-pyrrole nitrogens is 1. The highest BCUT2D eigenvalue weighted by Gasteiger charge is 2.07. The van der Waals surface area contributed by atoms with Crippen LogP contribution in [-0.4, -0.2) is 14.9 Å². The van der Waals surface area contributed by atoms with Crippen molar-refractivity contribution in [2.45, 2.75) is 26.5 Å². The van der Waals surface area contributed by atoms with Gasteiger partial charge in [0.15, 0.2) is 5.82 Å². The lowest BCUT2D eigenvalue weighted by atomic mass is 10.2. The summed E-state index contributed by atoms with van der Waals surface area (Å²) in [5.41, 5.74) is 5.17. The molecule has 0 bridgehead atoms. The zero-order valence-corrected chi connectivity index (χ0v) is 14.6. The van der Waals surface area contributed by atoms with Crippen LogP contribution in [0.15, 0.2) is 48.5 Å². The number of hydrogen-bond donors (Lipinski definition) is 2. The summed E-state index contributed by atoms with van der Waals surface area (Å²) >= 11 is 5.23. The van der Waals surface area contributed by atoms with Gasteiger partial charge in [-0.3, -0.25) is 5.10 Å². The molecular formula is C18H19FN4OS. The Morgan fingerprint density at radius 1 is 1.20 bits per heavy atom. The lowest BCUT2D eigenvalue weighted by Crippen LogP contribution is -2.17. The second-order valence-corrected chi connectivity index (χ2v) is 5.88. The molecule has 0 amide bonds. The number of nitrogens with one attached hydrogen (secondary N) is 2. The fourth-order valence-corrected chi connectivity index (χ4v) is 2.64. The maximum Gasteiger partial charge on any atom is 0.214 e. The molecule has 0 aliphatic rings. The Morgan fingerprint density at radius 2 is 1.96 bits per heavy atom. The predicted molar refractivity (Wildman–Crippen MR) is 97.0 cm³/mol. The zero-order chi connectivity index (χ0) is 17.6. The topological polar surface area (TPSA) is 54.9 Å². The molecule has 0 fully saturated rings. The second-order valence-electron chi connectivity index (χ2n) is 5.49. The standard InChI is InChI=1S/C18H19FN4OS/c1-2-17-21-22-18(25)23(17)20-11-14-5-3-4-6-16(14)24-12-13-7-9-15(19)10-8-13/h3-10,20H,2,11-12H2,1H3,(H,22,25). The molecule has 0 saturated carbocycles. The molecule has 0 saturated heterocycles. The van der Waals surface area contributed by atoms with Gasteiger partial charge in [-0.05, 0) is 36.0 Å². The van der Waals surface area contributed by atoms with Crippen LogP contribution in [0, 0.1) is 10.6 Å². The number of aryl methyl sites for hydroxylation is 1. The van der Waals surface area contributed by atoms with Crippen molar-refractivity contribution in [3.05, 3.63) is 76.1 Å². The first kappa shape index (κ1) is 17.2. The van der Waals surface area contributed by atoms with Gasteiger partial charge in [-0.1, -0.05) is 37.3 Å². The maximum atomic E-state index is 13.0. The highest BCUT2D eigenvalue weighted by molar-refractivity contribution is 7.71. The van der Waals surface area contributed by atoms with Crippen molar-refractivity contribution in [3.8, 4) is 5.75 Å². The van der Waals surface area contributed by atoms with Gasteiger partial charge in [0.2, 0.25) is 4.77 Å². The van der Waals surface area contributed by atoms with Crippen molar-refractivity contribution in [2.24, 2.45) is 0 Å². The van der Waals surface area contributed by atoms with Crippen LogP contribution in [0.1, 0.15) is 23.9 Å². The smallest absolute Gasteiger partial charge is 0.214 e. The van der Waals surface area contributed by atoms with Crippen LogP contribution < -0.4 is 10.2 Å². The summed E-state index contributed by atoms with van der Waals surface area (Å²) in [4.78, 5) is 0. The van der Waals surface area contributed by atoms with Gasteiger partial charge in [-0.2, -0.15) is 5.10 Å². The number of aromatic nitrogens is 3. The van der Waals surface area contributed by atoms with Crippen LogP contribution in [0.25, 0.3) is 0 Å². The number of para-hydroxylation sites is 1. The number of nitrogens with zero attached hydrogens (tertiary/aromatic N) is 2. The number of ether oxygens (including phenoxy) is 1. The second kappa shape index (κ2) is 7.94. The molecule has 5 nitrogen and oxygen atoms in total. The van der Waals surface area contributed by atoms with E-state index in [1.54, 1.807) is 16.8 Å². The molecule has 2 aromatic carbocycles. The largest absolute Gasteiger partial charge is 0.489 e. The molecule has 1 heterocycles. The first-order valence-corrected chi connectivity index (χ1v) is 8.43. The summed E-state index contributed by atoms with van der Waals surface area (Å²) in [5, 5.41) is 6.96. The van der Waals surface area contributed by atoms with Crippen molar-refractivity contribution >= 4 is 12.2 Å². The summed E-state index contributed by atoms with van der Waals surface area (Å²) in [6.07, 6.45) is 0.767. The molecule has 0 spiro atoms. The molecule has 0 radical (unpaired) electrons. The summed E-state index contributed by atoms with van der Waals surface area (Å²) in [6.45, 7) is 2.94. The molecule has 7 heteroatoms. The van der Waals surface area contributed by atoms with Crippen molar-refractivity contribution in [1.29, 1.82) is 0 Å². The average Bonchev–Trinajstić information content (AvgIpc) is 3.00. The van der Waals surface area contributed by atoms with Gasteiger partial charge in [-0.25, -0.2) is 9.07 Å². The summed E-state index contributed by atoms with van der Waals surface area (Å²) in [7, 11) is 0. The Morgan fingerprint density at radius 3 is 2.72 bits per heavy atom. The molecule has 0 aliphatic heterocycles. The Balaban J connectivity index is 1.69. The van der Waals surface area contributed by atoms with E-state index in [0.29, 0.717) is 17.9 Å². The minimum Gasteiger partial charge on any atom is -0.489 e. The highest BCUT2D eigenvalue weighted by atomic mass is 32.1. The minimum atomic E-state index is -0.253. The SMILES string of the molecule is CCc1n[nH]c(=S)n1NCc1ccccc1OCc1ccc(F)cc1. The molecule has 0 aliphatic carbocycles. The van der Waals surface area contributed by atoms with Crippen LogP contribution in [0.3, 0.4) is 0 Å². The number of hydrogen-bond acceptors (Lipinski definition) is 4. The van der Waals surface area contributed by atoms with E-state index in [-0.39, 0.29) is 5.82 Å². The van der Waals surface area contributed by atoms with Crippen molar-refractivity contribution in [3.63, 3.8) is 0 Å². The van der Waals surface area contributed by atoms with Crippen LogP contribution in [0.5, 0.6) is 5.75 Å². The lowest BCUT2D eigenvalue weighted by Gasteiger charge is -2.14. The normalized spacial score (nSPS) is 10.6. The molecule has 1 aromatic heterocycles. The van der Waals surface area contributed by atoms with Crippen LogP contribution in [0.2, 0.25) is 0 Å². The minimum absolute atomic E-state index is 0.253. The molecule has 2 N–H and O–H groups in total. The highest BCUT2D eigenvalue weighted by Crippen LogP contribution is 2.20. The van der Waals surface area contributed by atoms with E-state index in [0.717, 1.165) is 29.1 Å². The van der Waals surface area contributed by atoms with E-state index in [1.165, 1.54) is 12.1 Å². The maximum absolute atomic E-state index is 13.0. The molecule has 3 rings (SSSR count). The van der Waals surface area contributed by atoms with Gasteiger partial charge >= 0.3 is 0 Å². The average molecular weight is 358 g/mol. The van der Waals surface area contributed by atoms with Gasteiger partial charge in [0.1, 0.15) is 18.2 Å². The van der Waals surface area contributed by atoms with Gasteiger partial charge in [-0.15, -0.1) is 0 Å².